The van der Waals surface area contributed by atoms with Gasteiger partial charge in [0, 0.05) is 17.8 Å². The summed E-state index contributed by atoms with van der Waals surface area (Å²) in [6.07, 6.45) is 10.6. The third kappa shape index (κ3) is 6.31. The molecule has 0 N–H and O–H groups in total. The van der Waals surface area contributed by atoms with E-state index in [0.717, 1.165) is 29.0 Å². The SMILES string of the molecule is C=CCN(Cc1nc2ccccc2n1-c1ccccc1)C(=O)c1ccc(CCCCCCCC)cc1. The van der Waals surface area contributed by atoms with Crippen molar-refractivity contribution in [3.63, 3.8) is 0 Å². The average Bonchev–Trinajstić information content (AvgIpc) is 3.29. The van der Waals surface area contributed by atoms with E-state index in [1.54, 1.807) is 6.08 Å². The summed E-state index contributed by atoms with van der Waals surface area (Å²) >= 11 is 0. The number of aryl methyl sites for hydroxylation is 1. The maximum Gasteiger partial charge on any atom is 0.254 e. The zero-order valence-corrected chi connectivity index (χ0v) is 21.4. The van der Waals surface area contributed by atoms with Crippen molar-refractivity contribution in [1.82, 2.24) is 14.5 Å². The monoisotopic (exact) mass is 479 g/mol. The van der Waals surface area contributed by atoms with Crippen molar-refractivity contribution in [2.24, 2.45) is 0 Å². The summed E-state index contributed by atoms with van der Waals surface area (Å²) in [6.45, 7) is 6.99. The van der Waals surface area contributed by atoms with Gasteiger partial charge in [-0.2, -0.15) is 0 Å². The van der Waals surface area contributed by atoms with Crippen molar-refractivity contribution < 1.29 is 4.79 Å². The fourth-order valence-corrected chi connectivity index (χ4v) is 4.70. The van der Waals surface area contributed by atoms with Crippen molar-refractivity contribution in [2.75, 3.05) is 6.54 Å². The Morgan fingerprint density at radius 3 is 2.33 bits per heavy atom. The van der Waals surface area contributed by atoms with E-state index in [-0.39, 0.29) is 5.91 Å². The van der Waals surface area contributed by atoms with Crippen molar-refractivity contribution in [3.05, 3.63) is 108 Å². The van der Waals surface area contributed by atoms with E-state index in [2.05, 4.69) is 48.4 Å². The summed E-state index contributed by atoms with van der Waals surface area (Å²) in [5, 5.41) is 0. The van der Waals surface area contributed by atoms with E-state index >= 15 is 0 Å². The van der Waals surface area contributed by atoms with E-state index in [1.165, 1.54) is 44.1 Å². The molecule has 1 amide bonds. The first-order valence-electron chi connectivity index (χ1n) is 13.2. The Kier molecular flexibility index (Phi) is 9.09. The number of amides is 1. The van der Waals surface area contributed by atoms with Crippen LogP contribution >= 0.6 is 0 Å². The van der Waals surface area contributed by atoms with Crippen LogP contribution in [0.4, 0.5) is 0 Å². The minimum absolute atomic E-state index is 0.00677. The molecule has 4 heteroatoms. The van der Waals surface area contributed by atoms with Crippen LogP contribution < -0.4 is 0 Å². The highest BCUT2D eigenvalue weighted by atomic mass is 16.2. The van der Waals surface area contributed by atoms with Gasteiger partial charge in [0.2, 0.25) is 0 Å². The number of para-hydroxylation sites is 3. The molecule has 0 spiro atoms. The minimum Gasteiger partial charge on any atom is -0.327 e. The average molecular weight is 480 g/mol. The molecular weight excluding hydrogens is 442 g/mol. The Balaban J connectivity index is 1.50. The molecule has 1 heterocycles. The molecule has 0 aliphatic rings. The van der Waals surface area contributed by atoms with Crippen LogP contribution in [0.15, 0.2) is 91.5 Å². The highest BCUT2D eigenvalue weighted by Crippen LogP contribution is 2.23. The van der Waals surface area contributed by atoms with Crippen LogP contribution in [0.3, 0.4) is 0 Å². The number of imidazole rings is 1. The largest absolute Gasteiger partial charge is 0.327 e. The smallest absolute Gasteiger partial charge is 0.254 e. The van der Waals surface area contributed by atoms with Crippen molar-refractivity contribution >= 4 is 16.9 Å². The number of aromatic nitrogens is 2. The van der Waals surface area contributed by atoms with Gasteiger partial charge in [-0.1, -0.05) is 87.6 Å². The summed E-state index contributed by atoms with van der Waals surface area (Å²) in [7, 11) is 0. The highest BCUT2D eigenvalue weighted by Gasteiger charge is 2.20. The molecule has 0 aliphatic carbocycles. The van der Waals surface area contributed by atoms with Crippen LogP contribution in [-0.4, -0.2) is 26.9 Å². The predicted molar refractivity (Wildman–Crippen MR) is 150 cm³/mol. The van der Waals surface area contributed by atoms with E-state index in [0.29, 0.717) is 18.7 Å². The van der Waals surface area contributed by atoms with Gasteiger partial charge >= 0.3 is 0 Å². The lowest BCUT2D eigenvalue weighted by molar-refractivity contribution is 0.0758. The predicted octanol–water partition coefficient (Wildman–Crippen LogP) is 7.76. The number of benzene rings is 3. The van der Waals surface area contributed by atoms with Crippen LogP contribution in [0.2, 0.25) is 0 Å². The normalized spacial score (nSPS) is 11.0. The molecule has 0 unspecified atom stereocenters. The molecule has 4 aromatic rings. The lowest BCUT2D eigenvalue weighted by atomic mass is 10.0. The molecule has 0 saturated carbocycles. The maximum atomic E-state index is 13.5. The molecule has 186 valence electrons. The number of rotatable bonds is 13. The summed E-state index contributed by atoms with van der Waals surface area (Å²) in [5.41, 5.74) is 4.98. The Hall–Kier alpha value is -3.66. The van der Waals surface area contributed by atoms with E-state index in [9.17, 15) is 4.79 Å². The van der Waals surface area contributed by atoms with Gasteiger partial charge in [0.15, 0.2) is 0 Å². The number of unbranched alkanes of at least 4 members (excludes halogenated alkanes) is 5. The fourth-order valence-electron chi connectivity index (χ4n) is 4.70. The van der Waals surface area contributed by atoms with Crippen molar-refractivity contribution in [2.45, 2.75) is 58.4 Å². The molecule has 0 fully saturated rings. The van der Waals surface area contributed by atoms with Gasteiger partial charge in [0.05, 0.1) is 17.6 Å². The zero-order valence-electron chi connectivity index (χ0n) is 21.4. The van der Waals surface area contributed by atoms with Crippen LogP contribution in [0.1, 0.15) is 67.2 Å². The summed E-state index contributed by atoms with van der Waals surface area (Å²) < 4.78 is 2.14. The first kappa shape index (κ1) is 25.4. The van der Waals surface area contributed by atoms with E-state index in [1.807, 2.05) is 53.4 Å². The van der Waals surface area contributed by atoms with E-state index < -0.39 is 0 Å². The van der Waals surface area contributed by atoms with Gasteiger partial charge in [-0.15, -0.1) is 6.58 Å². The molecule has 1 aromatic heterocycles. The van der Waals surface area contributed by atoms with Crippen molar-refractivity contribution in [3.8, 4) is 5.69 Å². The zero-order chi connectivity index (χ0) is 25.2. The van der Waals surface area contributed by atoms with Gasteiger partial charge in [-0.3, -0.25) is 9.36 Å². The molecule has 0 atom stereocenters. The van der Waals surface area contributed by atoms with Gasteiger partial charge < -0.3 is 4.90 Å². The molecule has 4 rings (SSSR count). The van der Waals surface area contributed by atoms with Gasteiger partial charge in [-0.25, -0.2) is 4.98 Å². The van der Waals surface area contributed by atoms with Crippen LogP contribution in [0.5, 0.6) is 0 Å². The van der Waals surface area contributed by atoms with Crippen LogP contribution in [0.25, 0.3) is 16.7 Å². The second-order valence-corrected chi connectivity index (χ2v) is 9.38. The number of carbonyl (C=O) groups is 1. The molecule has 36 heavy (non-hydrogen) atoms. The molecule has 0 radical (unpaired) electrons. The number of carbonyl (C=O) groups excluding carboxylic acids is 1. The summed E-state index contributed by atoms with van der Waals surface area (Å²) in [5.74, 6) is 0.824. The molecule has 4 nitrogen and oxygen atoms in total. The first-order chi connectivity index (χ1) is 17.7. The number of fused-ring (bicyclic) bond motifs is 1. The quantitative estimate of drug-likeness (QED) is 0.145. The fraction of sp³-hybridized carbons (Fsp3) is 0.312. The lowest BCUT2D eigenvalue weighted by Crippen LogP contribution is -2.31. The Morgan fingerprint density at radius 1 is 0.889 bits per heavy atom. The standard InChI is InChI=1S/C32H37N3O/c1-3-5-6-7-8-10-15-26-20-22-27(23-21-26)32(36)34(24-4-2)25-31-33-29-18-13-14-19-30(29)35(31)28-16-11-9-12-17-28/h4,9,11-14,16-23H,2-3,5-8,10,15,24-25H2,1H3. The van der Waals surface area contributed by atoms with E-state index in [4.69, 9.17) is 4.98 Å². The van der Waals surface area contributed by atoms with Gasteiger partial charge in [-0.05, 0) is 54.8 Å². The number of hydrogen-bond acceptors (Lipinski definition) is 2. The maximum absolute atomic E-state index is 13.5. The molecule has 3 aromatic carbocycles. The van der Waals surface area contributed by atoms with Crippen LogP contribution in [0, 0.1) is 0 Å². The first-order valence-corrected chi connectivity index (χ1v) is 13.2. The van der Waals surface area contributed by atoms with Gasteiger partial charge in [0.25, 0.3) is 5.91 Å². The topological polar surface area (TPSA) is 38.1 Å². The molecular formula is C32H37N3O. The summed E-state index contributed by atoms with van der Waals surface area (Å²) in [6, 6.07) is 26.4. The van der Waals surface area contributed by atoms with Crippen LogP contribution in [-0.2, 0) is 13.0 Å². The third-order valence-corrected chi connectivity index (χ3v) is 6.63. The Morgan fingerprint density at radius 2 is 1.58 bits per heavy atom. The second-order valence-electron chi connectivity index (χ2n) is 9.38. The Labute approximate surface area is 215 Å². The molecule has 0 bridgehead atoms. The highest BCUT2D eigenvalue weighted by molar-refractivity contribution is 5.94. The molecule has 0 saturated heterocycles. The second kappa shape index (κ2) is 12.9. The Bertz CT molecular complexity index is 1260. The lowest BCUT2D eigenvalue weighted by Gasteiger charge is -2.22. The third-order valence-electron chi connectivity index (χ3n) is 6.63. The van der Waals surface area contributed by atoms with Crippen molar-refractivity contribution in [1.29, 1.82) is 0 Å². The van der Waals surface area contributed by atoms with Gasteiger partial charge in [0.1, 0.15) is 5.82 Å². The minimum atomic E-state index is -0.00677. The summed E-state index contributed by atoms with van der Waals surface area (Å²) in [4.78, 5) is 20.2. The number of hydrogen-bond donors (Lipinski definition) is 0. The molecule has 0 aliphatic heterocycles. The number of nitrogens with zero attached hydrogens (tertiary/aromatic N) is 3.